The number of pyridine rings is 1. The van der Waals surface area contributed by atoms with Gasteiger partial charge in [-0.25, -0.2) is 9.37 Å². The van der Waals surface area contributed by atoms with Gasteiger partial charge < -0.3 is 9.84 Å². The minimum absolute atomic E-state index is 0.149. The summed E-state index contributed by atoms with van der Waals surface area (Å²) in [6.07, 6.45) is 4.54. The molecule has 2 aromatic rings. The van der Waals surface area contributed by atoms with Crippen molar-refractivity contribution in [2.24, 2.45) is 0 Å². The van der Waals surface area contributed by atoms with Gasteiger partial charge in [-0.15, -0.1) is 0 Å². The zero-order chi connectivity index (χ0) is 13.1. The van der Waals surface area contributed by atoms with Gasteiger partial charge in [-0.2, -0.15) is 5.10 Å². The summed E-state index contributed by atoms with van der Waals surface area (Å²) >= 11 is 0. The quantitative estimate of drug-likeness (QED) is 0.905. The average Bonchev–Trinajstić information content (AvgIpc) is 2.80. The van der Waals surface area contributed by atoms with Crippen LogP contribution in [-0.4, -0.2) is 19.9 Å². The molecule has 0 bridgehead atoms. The summed E-state index contributed by atoms with van der Waals surface area (Å²) in [5.74, 6) is -0.410. The molecular formula is C12H14FN3O2. The maximum absolute atomic E-state index is 13.7. The lowest BCUT2D eigenvalue weighted by Crippen LogP contribution is -2.00. The van der Waals surface area contributed by atoms with Gasteiger partial charge in [0.25, 0.3) is 5.88 Å². The lowest BCUT2D eigenvalue weighted by molar-refractivity contribution is 0.273. The number of nitrogens with zero attached hydrogens (tertiary/aromatic N) is 3. The van der Waals surface area contributed by atoms with Gasteiger partial charge in [-0.3, -0.25) is 4.68 Å². The maximum atomic E-state index is 13.7. The van der Waals surface area contributed by atoms with E-state index in [1.807, 2.05) is 13.8 Å². The third-order valence-electron chi connectivity index (χ3n) is 2.43. The molecule has 2 heterocycles. The maximum Gasteiger partial charge on any atom is 0.256 e. The fourth-order valence-corrected chi connectivity index (χ4v) is 1.42. The Labute approximate surface area is 104 Å². The van der Waals surface area contributed by atoms with Crippen molar-refractivity contribution in [3.63, 3.8) is 0 Å². The number of rotatable bonds is 4. The molecule has 0 saturated heterocycles. The molecule has 0 saturated carbocycles. The number of hydrogen-bond donors (Lipinski definition) is 1. The molecule has 1 N–H and O–H groups in total. The molecule has 0 atom stereocenters. The molecule has 0 spiro atoms. The van der Waals surface area contributed by atoms with Crippen LogP contribution in [0, 0.1) is 5.82 Å². The number of aliphatic hydroxyl groups is 1. The Morgan fingerprint density at radius 3 is 2.89 bits per heavy atom. The third-order valence-corrected chi connectivity index (χ3v) is 2.43. The number of halogens is 1. The molecule has 5 nitrogen and oxygen atoms in total. The lowest BCUT2D eigenvalue weighted by Gasteiger charge is -2.06. The smallest absolute Gasteiger partial charge is 0.256 e. The standard InChI is InChI=1S/C12H14FN3O2/c1-8(2)16-6-10(5-15-16)18-12-11(13)9(7-17)3-4-14-12/h3-6,8,17H,7H2,1-2H3. The van der Waals surface area contributed by atoms with Gasteiger partial charge in [0, 0.05) is 17.8 Å². The van der Waals surface area contributed by atoms with Crippen molar-refractivity contribution in [2.75, 3.05) is 0 Å². The number of aliphatic hydroxyl groups excluding tert-OH is 1. The molecule has 2 rings (SSSR count). The lowest BCUT2D eigenvalue weighted by atomic mass is 10.3. The van der Waals surface area contributed by atoms with Crippen LogP contribution in [0.2, 0.25) is 0 Å². The molecule has 0 aliphatic rings. The normalized spacial score (nSPS) is 10.9. The second kappa shape index (κ2) is 5.14. The first kappa shape index (κ1) is 12.5. The summed E-state index contributed by atoms with van der Waals surface area (Å²) in [5.41, 5.74) is 0.149. The zero-order valence-electron chi connectivity index (χ0n) is 10.2. The van der Waals surface area contributed by atoms with Crippen molar-refractivity contribution >= 4 is 0 Å². The topological polar surface area (TPSA) is 60.2 Å². The molecule has 0 fully saturated rings. The molecule has 0 unspecified atom stereocenters. The second-order valence-corrected chi connectivity index (χ2v) is 4.10. The van der Waals surface area contributed by atoms with Crippen LogP contribution in [0.25, 0.3) is 0 Å². The monoisotopic (exact) mass is 251 g/mol. The van der Waals surface area contributed by atoms with Crippen LogP contribution < -0.4 is 4.74 Å². The van der Waals surface area contributed by atoms with E-state index in [0.717, 1.165) is 0 Å². The Morgan fingerprint density at radius 1 is 1.50 bits per heavy atom. The summed E-state index contributed by atoms with van der Waals surface area (Å²) in [7, 11) is 0. The highest BCUT2D eigenvalue weighted by Gasteiger charge is 2.12. The highest BCUT2D eigenvalue weighted by Crippen LogP contribution is 2.24. The van der Waals surface area contributed by atoms with E-state index in [1.54, 1.807) is 10.9 Å². The van der Waals surface area contributed by atoms with Crippen LogP contribution >= 0.6 is 0 Å². The van der Waals surface area contributed by atoms with Crippen LogP contribution in [0.5, 0.6) is 11.6 Å². The summed E-state index contributed by atoms with van der Waals surface area (Å²) < 4.78 is 20.7. The summed E-state index contributed by atoms with van der Waals surface area (Å²) in [4.78, 5) is 3.79. The molecule has 18 heavy (non-hydrogen) atoms. The minimum atomic E-state index is -0.655. The second-order valence-electron chi connectivity index (χ2n) is 4.10. The molecule has 6 heteroatoms. The fourth-order valence-electron chi connectivity index (χ4n) is 1.42. The number of ether oxygens (including phenoxy) is 1. The molecular weight excluding hydrogens is 237 g/mol. The van der Waals surface area contributed by atoms with Gasteiger partial charge in [0.05, 0.1) is 19.0 Å². The summed E-state index contributed by atoms with van der Waals surface area (Å²) in [6.45, 7) is 3.56. The van der Waals surface area contributed by atoms with Crippen LogP contribution in [0.4, 0.5) is 4.39 Å². The van der Waals surface area contributed by atoms with Crippen molar-refractivity contribution in [3.8, 4) is 11.6 Å². The predicted molar refractivity (Wildman–Crippen MR) is 62.8 cm³/mol. The van der Waals surface area contributed by atoms with E-state index >= 15 is 0 Å². The Morgan fingerprint density at radius 2 is 2.28 bits per heavy atom. The molecule has 0 aromatic carbocycles. The van der Waals surface area contributed by atoms with Gasteiger partial charge >= 0.3 is 0 Å². The molecule has 2 aromatic heterocycles. The van der Waals surface area contributed by atoms with Crippen molar-refractivity contribution in [1.82, 2.24) is 14.8 Å². The van der Waals surface area contributed by atoms with Gasteiger partial charge in [-0.05, 0) is 19.9 Å². The van der Waals surface area contributed by atoms with Crippen molar-refractivity contribution < 1.29 is 14.2 Å². The van der Waals surface area contributed by atoms with Crippen LogP contribution in [0.15, 0.2) is 24.7 Å². The first-order valence-corrected chi connectivity index (χ1v) is 5.58. The van der Waals surface area contributed by atoms with E-state index in [-0.39, 0.29) is 17.5 Å². The number of aromatic nitrogens is 3. The Bertz CT molecular complexity index is 540. The van der Waals surface area contributed by atoms with E-state index in [9.17, 15) is 4.39 Å². The predicted octanol–water partition coefficient (Wildman–Crippen LogP) is 2.28. The summed E-state index contributed by atoms with van der Waals surface area (Å²) in [5, 5.41) is 13.0. The van der Waals surface area contributed by atoms with Gasteiger partial charge in [0.1, 0.15) is 0 Å². The van der Waals surface area contributed by atoms with E-state index in [4.69, 9.17) is 9.84 Å². The van der Waals surface area contributed by atoms with Crippen molar-refractivity contribution in [2.45, 2.75) is 26.5 Å². The van der Waals surface area contributed by atoms with E-state index in [2.05, 4.69) is 10.1 Å². The van der Waals surface area contributed by atoms with Gasteiger partial charge in [-0.1, -0.05) is 0 Å². The van der Waals surface area contributed by atoms with Crippen LogP contribution in [0.1, 0.15) is 25.5 Å². The summed E-state index contributed by atoms with van der Waals surface area (Å²) in [6, 6.07) is 1.60. The van der Waals surface area contributed by atoms with Crippen molar-refractivity contribution in [1.29, 1.82) is 0 Å². The number of hydrogen-bond acceptors (Lipinski definition) is 4. The SMILES string of the molecule is CC(C)n1cc(Oc2nccc(CO)c2F)cn1. The highest BCUT2D eigenvalue weighted by molar-refractivity contribution is 5.27. The van der Waals surface area contributed by atoms with Crippen molar-refractivity contribution in [3.05, 3.63) is 36.0 Å². The molecule has 0 aliphatic heterocycles. The molecule has 0 amide bonds. The third kappa shape index (κ3) is 2.48. The first-order valence-electron chi connectivity index (χ1n) is 5.58. The minimum Gasteiger partial charge on any atom is -0.433 e. The Kier molecular flexibility index (Phi) is 3.57. The van der Waals surface area contributed by atoms with Gasteiger partial charge in [0.15, 0.2) is 11.6 Å². The highest BCUT2D eigenvalue weighted by atomic mass is 19.1. The van der Waals surface area contributed by atoms with Crippen LogP contribution in [-0.2, 0) is 6.61 Å². The van der Waals surface area contributed by atoms with E-state index < -0.39 is 12.4 Å². The molecule has 0 aliphatic carbocycles. The van der Waals surface area contributed by atoms with E-state index in [0.29, 0.717) is 5.75 Å². The van der Waals surface area contributed by atoms with Gasteiger partial charge in [0.2, 0.25) is 0 Å². The average molecular weight is 251 g/mol. The Balaban J connectivity index is 2.23. The fraction of sp³-hybridized carbons (Fsp3) is 0.333. The van der Waals surface area contributed by atoms with Crippen LogP contribution in [0.3, 0.4) is 0 Å². The zero-order valence-corrected chi connectivity index (χ0v) is 10.2. The Hall–Kier alpha value is -1.95. The first-order chi connectivity index (χ1) is 8.61. The van der Waals surface area contributed by atoms with E-state index in [1.165, 1.54) is 18.5 Å². The largest absolute Gasteiger partial charge is 0.433 e. The molecule has 96 valence electrons. The molecule has 0 radical (unpaired) electrons.